The standard InChI is InChI=1S/C16H20N2O5S/c1-3-6-13(16(20)21)11-17-15(19)12-7-5-8-14(10-12)24(22,23)18-9-4-2/h2,5,7-8,10,13,18H,3,6,9,11H2,1H3,(H,17,19)(H,20,21). The number of carbonyl (C=O) groups is 2. The molecule has 0 saturated carbocycles. The Morgan fingerprint density at radius 1 is 1.38 bits per heavy atom. The minimum absolute atomic E-state index is 0.0195. The van der Waals surface area contributed by atoms with Gasteiger partial charge in [-0.3, -0.25) is 9.59 Å². The van der Waals surface area contributed by atoms with Gasteiger partial charge in [0.25, 0.3) is 5.91 Å². The molecule has 0 aliphatic rings. The summed E-state index contributed by atoms with van der Waals surface area (Å²) in [7, 11) is -3.80. The van der Waals surface area contributed by atoms with E-state index < -0.39 is 27.8 Å². The highest BCUT2D eigenvalue weighted by Gasteiger charge is 2.19. The van der Waals surface area contributed by atoms with Gasteiger partial charge in [-0.25, -0.2) is 8.42 Å². The Morgan fingerprint density at radius 3 is 2.67 bits per heavy atom. The number of terminal acetylenes is 1. The van der Waals surface area contributed by atoms with Gasteiger partial charge in [-0.2, -0.15) is 4.72 Å². The van der Waals surface area contributed by atoms with Crippen molar-refractivity contribution in [2.45, 2.75) is 24.7 Å². The van der Waals surface area contributed by atoms with E-state index in [-0.39, 0.29) is 23.5 Å². The molecule has 0 aliphatic carbocycles. The van der Waals surface area contributed by atoms with E-state index in [2.05, 4.69) is 16.0 Å². The molecule has 3 N–H and O–H groups in total. The SMILES string of the molecule is C#CCNS(=O)(=O)c1cccc(C(=O)NCC(CCC)C(=O)O)c1. The number of hydrogen-bond acceptors (Lipinski definition) is 4. The first-order valence-electron chi connectivity index (χ1n) is 7.36. The molecule has 0 fully saturated rings. The van der Waals surface area contributed by atoms with Gasteiger partial charge in [0.1, 0.15) is 0 Å². The lowest BCUT2D eigenvalue weighted by molar-refractivity contribution is -0.141. The molecule has 0 bridgehead atoms. The topological polar surface area (TPSA) is 113 Å². The van der Waals surface area contributed by atoms with Gasteiger partial charge in [-0.15, -0.1) is 6.42 Å². The summed E-state index contributed by atoms with van der Waals surface area (Å²) < 4.78 is 26.2. The lowest BCUT2D eigenvalue weighted by atomic mass is 10.0. The van der Waals surface area contributed by atoms with Gasteiger partial charge in [0, 0.05) is 12.1 Å². The predicted molar refractivity (Wildman–Crippen MR) is 88.8 cm³/mol. The number of carboxylic acid groups (broad SMARTS) is 1. The van der Waals surface area contributed by atoms with Gasteiger partial charge in [0.15, 0.2) is 0 Å². The van der Waals surface area contributed by atoms with Gasteiger partial charge < -0.3 is 10.4 Å². The van der Waals surface area contributed by atoms with Gasteiger partial charge in [0.05, 0.1) is 17.4 Å². The fourth-order valence-corrected chi connectivity index (χ4v) is 2.98. The van der Waals surface area contributed by atoms with Crippen LogP contribution < -0.4 is 10.0 Å². The zero-order chi connectivity index (χ0) is 18.2. The van der Waals surface area contributed by atoms with Crippen molar-refractivity contribution in [3.05, 3.63) is 29.8 Å². The Labute approximate surface area is 141 Å². The van der Waals surface area contributed by atoms with Crippen molar-refractivity contribution in [2.24, 2.45) is 5.92 Å². The van der Waals surface area contributed by atoms with Gasteiger partial charge in [0.2, 0.25) is 10.0 Å². The lowest BCUT2D eigenvalue weighted by Gasteiger charge is -2.13. The third-order valence-corrected chi connectivity index (χ3v) is 4.67. The Hall–Kier alpha value is -2.37. The first kappa shape index (κ1) is 19.7. The van der Waals surface area contributed by atoms with E-state index in [1.54, 1.807) is 0 Å². The third-order valence-electron chi connectivity index (χ3n) is 3.27. The summed E-state index contributed by atoms with van der Waals surface area (Å²) in [5.41, 5.74) is 0.124. The molecular formula is C16H20N2O5S. The zero-order valence-corrected chi connectivity index (χ0v) is 14.1. The maximum absolute atomic E-state index is 12.1. The Balaban J connectivity index is 2.84. The highest BCUT2D eigenvalue weighted by atomic mass is 32.2. The maximum atomic E-state index is 12.1. The van der Waals surface area contributed by atoms with E-state index >= 15 is 0 Å². The fourth-order valence-electron chi connectivity index (χ4n) is 2.00. The maximum Gasteiger partial charge on any atom is 0.308 e. The zero-order valence-electron chi connectivity index (χ0n) is 13.3. The first-order valence-corrected chi connectivity index (χ1v) is 8.84. The van der Waals surface area contributed by atoms with Gasteiger partial charge in [-0.05, 0) is 24.6 Å². The van der Waals surface area contributed by atoms with Crippen molar-refractivity contribution in [3.8, 4) is 12.3 Å². The van der Waals surface area contributed by atoms with Crippen molar-refractivity contribution in [2.75, 3.05) is 13.1 Å². The fraction of sp³-hybridized carbons (Fsp3) is 0.375. The summed E-state index contributed by atoms with van der Waals surface area (Å²) in [6.45, 7) is 1.68. The quantitative estimate of drug-likeness (QED) is 0.570. The number of rotatable bonds is 9. The third kappa shape index (κ3) is 5.68. The monoisotopic (exact) mass is 352 g/mol. The van der Waals surface area contributed by atoms with E-state index in [9.17, 15) is 18.0 Å². The first-order chi connectivity index (χ1) is 11.3. The highest BCUT2D eigenvalue weighted by Crippen LogP contribution is 2.12. The molecule has 24 heavy (non-hydrogen) atoms. The largest absolute Gasteiger partial charge is 0.481 e. The molecule has 1 amide bonds. The van der Waals surface area contributed by atoms with Crippen LogP contribution in [0.1, 0.15) is 30.1 Å². The summed E-state index contributed by atoms with van der Waals surface area (Å²) in [4.78, 5) is 23.1. The van der Waals surface area contributed by atoms with Crippen LogP contribution in [0.5, 0.6) is 0 Å². The summed E-state index contributed by atoms with van der Waals surface area (Å²) in [5, 5.41) is 11.6. The van der Waals surface area contributed by atoms with Crippen LogP contribution in [0, 0.1) is 18.3 Å². The second-order valence-electron chi connectivity index (χ2n) is 5.09. The molecule has 1 aromatic carbocycles. The lowest BCUT2D eigenvalue weighted by Crippen LogP contribution is -2.33. The normalized spacial score (nSPS) is 12.2. The van der Waals surface area contributed by atoms with E-state index in [4.69, 9.17) is 11.5 Å². The Kier molecular flexibility index (Phi) is 7.42. The average Bonchev–Trinajstić information content (AvgIpc) is 2.56. The van der Waals surface area contributed by atoms with E-state index in [1.807, 2.05) is 6.92 Å². The number of nitrogens with one attached hydrogen (secondary N) is 2. The second-order valence-corrected chi connectivity index (χ2v) is 6.86. The molecule has 130 valence electrons. The van der Waals surface area contributed by atoms with Crippen LogP contribution in [0.25, 0.3) is 0 Å². The molecule has 0 spiro atoms. The number of carboxylic acids is 1. The molecule has 1 unspecified atom stereocenters. The molecular weight excluding hydrogens is 332 g/mol. The second kappa shape index (κ2) is 9.05. The highest BCUT2D eigenvalue weighted by molar-refractivity contribution is 7.89. The van der Waals surface area contributed by atoms with Crippen LogP contribution in [0.3, 0.4) is 0 Å². The van der Waals surface area contributed by atoms with Crippen LogP contribution in [0.4, 0.5) is 0 Å². The van der Waals surface area contributed by atoms with Crippen LogP contribution in [-0.4, -0.2) is 38.5 Å². The minimum atomic E-state index is -3.80. The molecule has 1 atom stereocenters. The molecule has 0 aromatic heterocycles. The van der Waals surface area contributed by atoms with E-state index in [0.717, 1.165) is 0 Å². The molecule has 8 heteroatoms. The molecule has 0 saturated heterocycles. The number of sulfonamides is 1. The summed E-state index contributed by atoms with van der Waals surface area (Å²) in [6.07, 6.45) is 6.15. The van der Waals surface area contributed by atoms with Gasteiger partial charge in [-0.1, -0.05) is 25.3 Å². The van der Waals surface area contributed by atoms with E-state index in [0.29, 0.717) is 12.8 Å². The molecule has 1 rings (SSSR count). The summed E-state index contributed by atoms with van der Waals surface area (Å²) in [6, 6.07) is 5.43. The number of benzene rings is 1. The summed E-state index contributed by atoms with van der Waals surface area (Å²) >= 11 is 0. The summed E-state index contributed by atoms with van der Waals surface area (Å²) in [5.74, 6) is -0.0320. The van der Waals surface area contributed by atoms with Crippen molar-refractivity contribution in [1.29, 1.82) is 0 Å². The number of carbonyl (C=O) groups excluding carboxylic acids is 1. The van der Waals surface area contributed by atoms with Crippen molar-refractivity contribution in [1.82, 2.24) is 10.0 Å². The predicted octanol–water partition coefficient (Wildman–Crippen LogP) is 0.829. The van der Waals surface area contributed by atoms with Crippen LogP contribution in [-0.2, 0) is 14.8 Å². The van der Waals surface area contributed by atoms with Crippen LogP contribution >= 0.6 is 0 Å². The molecule has 7 nitrogen and oxygen atoms in total. The van der Waals surface area contributed by atoms with E-state index in [1.165, 1.54) is 24.3 Å². The number of aliphatic carboxylic acids is 1. The smallest absolute Gasteiger partial charge is 0.308 e. The average molecular weight is 352 g/mol. The van der Waals surface area contributed by atoms with Crippen molar-refractivity contribution >= 4 is 21.9 Å². The Morgan fingerprint density at radius 2 is 2.08 bits per heavy atom. The van der Waals surface area contributed by atoms with Crippen molar-refractivity contribution < 1.29 is 23.1 Å². The minimum Gasteiger partial charge on any atom is -0.481 e. The number of hydrogen-bond donors (Lipinski definition) is 3. The molecule has 0 aliphatic heterocycles. The van der Waals surface area contributed by atoms with Crippen molar-refractivity contribution in [3.63, 3.8) is 0 Å². The molecule has 0 radical (unpaired) electrons. The van der Waals surface area contributed by atoms with Crippen LogP contribution in [0.15, 0.2) is 29.2 Å². The van der Waals surface area contributed by atoms with Gasteiger partial charge >= 0.3 is 5.97 Å². The Bertz CT molecular complexity index is 737. The van der Waals surface area contributed by atoms with Crippen LogP contribution in [0.2, 0.25) is 0 Å². The molecule has 0 heterocycles. The number of amides is 1. The molecule has 1 aromatic rings.